The average molecular weight is 449 g/mol. The van der Waals surface area contributed by atoms with Crippen LogP contribution in [0.5, 0.6) is 0 Å². The summed E-state index contributed by atoms with van der Waals surface area (Å²) in [6.45, 7) is 3.18. The molecule has 0 aliphatic carbocycles. The maximum atomic E-state index is 15.3. The molecule has 0 radical (unpaired) electrons. The van der Waals surface area contributed by atoms with Crippen LogP contribution in [-0.4, -0.2) is 72.2 Å². The number of hydrogen-bond acceptors (Lipinski definition) is 5. The molecule has 0 atom stereocenters. The number of nitrogens with zero attached hydrogens (tertiary/aromatic N) is 5. The number of aromatic nitrogens is 1. The fraction of sp³-hybridized carbons (Fsp3) is 0.400. The number of primary amides is 1. The van der Waals surface area contributed by atoms with E-state index in [1.807, 2.05) is 4.90 Å². The lowest BCUT2D eigenvalue weighted by atomic mass is 10.1. The van der Waals surface area contributed by atoms with Crippen molar-refractivity contribution in [1.82, 2.24) is 18.5 Å². The van der Waals surface area contributed by atoms with E-state index in [4.69, 9.17) is 5.73 Å². The SMILES string of the molecule is NC(=O)N(c1cccnc1)c1cccc(CN2CCN(S(=O)(=O)N3CCC3)CC2)c1F. The zero-order chi connectivity index (χ0) is 22.0. The molecule has 2 aliphatic rings. The van der Waals surface area contributed by atoms with Crippen LogP contribution in [0.3, 0.4) is 0 Å². The first-order valence-electron chi connectivity index (χ1n) is 10.1. The maximum Gasteiger partial charge on any atom is 0.324 e. The molecule has 1 aromatic carbocycles. The summed E-state index contributed by atoms with van der Waals surface area (Å²) >= 11 is 0. The van der Waals surface area contributed by atoms with Crippen LogP contribution in [0.15, 0.2) is 42.7 Å². The molecular formula is C20H25FN6O3S. The van der Waals surface area contributed by atoms with Crippen LogP contribution in [0.25, 0.3) is 0 Å². The number of carbonyl (C=O) groups excluding carboxylic acids is 1. The number of urea groups is 1. The molecule has 0 saturated carbocycles. The number of carbonyl (C=O) groups is 1. The lowest BCUT2D eigenvalue weighted by Crippen LogP contribution is -2.55. The first-order valence-corrected chi connectivity index (χ1v) is 11.5. The van der Waals surface area contributed by atoms with E-state index in [1.165, 1.54) is 20.9 Å². The number of pyridine rings is 1. The van der Waals surface area contributed by atoms with Gasteiger partial charge in [-0.2, -0.15) is 17.0 Å². The number of piperazine rings is 1. The van der Waals surface area contributed by atoms with Crippen molar-refractivity contribution in [3.8, 4) is 0 Å². The van der Waals surface area contributed by atoms with Crippen LogP contribution < -0.4 is 10.6 Å². The largest absolute Gasteiger partial charge is 0.351 e. The Morgan fingerprint density at radius 2 is 1.77 bits per heavy atom. The van der Waals surface area contributed by atoms with Crippen LogP contribution in [0.1, 0.15) is 12.0 Å². The van der Waals surface area contributed by atoms with Crippen molar-refractivity contribution in [2.24, 2.45) is 5.73 Å². The Morgan fingerprint density at radius 1 is 1.06 bits per heavy atom. The summed E-state index contributed by atoms with van der Waals surface area (Å²) in [5.74, 6) is -0.541. The Bertz CT molecular complexity index is 1040. The molecule has 2 fully saturated rings. The normalized spacial score (nSPS) is 18.5. The third-order valence-corrected chi connectivity index (χ3v) is 7.65. The van der Waals surface area contributed by atoms with Gasteiger partial charge in [0.15, 0.2) is 5.82 Å². The summed E-state index contributed by atoms with van der Waals surface area (Å²) in [5.41, 5.74) is 6.35. The van der Waals surface area contributed by atoms with Crippen molar-refractivity contribution in [2.75, 3.05) is 44.2 Å². The molecule has 1 aromatic heterocycles. The smallest absolute Gasteiger partial charge is 0.324 e. The number of rotatable bonds is 6. The summed E-state index contributed by atoms with van der Waals surface area (Å²) in [6.07, 6.45) is 3.89. The summed E-state index contributed by atoms with van der Waals surface area (Å²) in [7, 11) is -3.39. The van der Waals surface area contributed by atoms with E-state index in [-0.39, 0.29) is 5.69 Å². The zero-order valence-electron chi connectivity index (χ0n) is 17.0. The van der Waals surface area contributed by atoms with E-state index in [1.54, 1.807) is 30.5 Å². The van der Waals surface area contributed by atoms with Gasteiger partial charge in [0.2, 0.25) is 0 Å². The first kappa shape index (κ1) is 21.6. The molecule has 2 N–H and O–H groups in total. The van der Waals surface area contributed by atoms with E-state index in [0.29, 0.717) is 57.1 Å². The molecule has 9 nitrogen and oxygen atoms in total. The van der Waals surface area contributed by atoms with Gasteiger partial charge < -0.3 is 5.73 Å². The second kappa shape index (κ2) is 8.87. The second-order valence-corrected chi connectivity index (χ2v) is 9.50. The van der Waals surface area contributed by atoms with Gasteiger partial charge >= 0.3 is 6.03 Å². The highest BCUT2D eigenvalue weighted by molar-refractivity contribution is 7.86. The van der Waals surface area contributed by atoms with E-state index >= 15 is 4.39 Å². The van der Waals surface area contributed by atoms with Gasteiger partial charge in [-0.05, 0) is 24.6 Å². The van der Waals surface area contributed by atoms with Crippen LogP contribution in [0, 0.1) is 5.82 Å². The molecule has 2 aliphatic heterocycles. The van der Waals surface area contributed by atoms with Crippen molar-refractivity contribution in [1.29, 1.82) is 0 Å². The summed E-state index contributed by atoms with van der Waals surface area (Å²) in [4.78, 5) is 19.1. The third kappa shape index (κ3) is 4.40. The minimum absolute atomic E-state index is 0.0528. The Kier molecular flexibility index (Phi) is 6.19. The third-order valence-electron chi connectivity index (χ3n) is 5.62. The van der Waals surface area contributed by atoms with Crippen molar-refractivity contribution < 1.29 is 17.6 Å². The van der Waals surface area contributed by atoms with Gasteiger partial charge in [-0.15, -0.1) is 0 Å². The predicted molar refractivity (Wildman–Crippen MR) is 114 cm³/mol. The van der Waals surface area contributed by atoms with E-state index in [0.717, 1.165) is 11.3 Å². The first-order chi connectivity index (χ1) is 14.9. The van der Waals surface area contributed by atoms with E-state index in [2.05, 4.69) is 4.98 Å². The quantitative estimate of drug-likeness (QED) is 0.722. The van der Waals surface area contributed by atoms with Crippen molar-refractivity contribution >= 4 is 27.6 Å². The highest BCUT2D eigenvalue weighted by Gasteiger charge is 2.35. The van der Waals surface area contributed by atoms with Gasteiger partial charge in [0.25, 0.3) is 10.2 Å². The van der Waals surface area contributed by atoms with Crippen LogP contribution in [-0.2, 0) is 16.8 Å². The molecule has 3 heterocycles. The number of benzene rings is 1. The monoisotopic (exact) mass is 448 g/mol. The highest BCUT2D eigenvalue weighted by Crippen LogP contribution is 2.29. The molecule has 4 rings (SSSR count). The van der Waals surface area contributed by atoms with Crippen molar-refractivity contribution in [3.63, 3.8) is 0 Å². The van der Waals surface area contributed by atoms with Gasteiger partial charge in [-0.1, -0.05) is 12.1 Å². The molecule has 0 spiro atoms. The fourth-order valence-corrected chi connectivity index (χ4v) is 5.44. The number of nitrogens with two attached hydrogens (primary N) is 1. The van der Waals surface area contributed by atoms with Gasteiger partial charge in [0.1, 0.15) is 0 Å². The number of anilines is 2. The summed E-state index contributed by atoms with van der Waals surface area (Å²) < 4.78 is 43.4. The molecule has 2 saturated heterocycles. The topological polar surface area (TPSA) is 103 Å². The molecule has 0 unspecified atom stereocenters. The molecule has 11 heteroatoms. The highest BCUT2D eigenvalue weighted by atomic mass is 32.2. The van der Waals surface area contributed by atoms with Crippen LogP contribution >= 0.6 is 0 Å². The zero-order valence-corrected chi connectivity index (χ0v) is 17.8. The molecule has 0 bridgehead atoms. The molecular weight excluding hydrogens is 423 g/mol. The number of amides is 2. The molecule has 166 valence electrons. The lowest BCUT2D eigenvalue weighted by molar-refractivity contribution is 0.167. The predicted octanol–water partition coefficient (Wildman–Crippen LogP) is 1.51. The van der Waals surface area contributed by atoms with Gasteiger partial charge in [0.05, 0.1) is 17.6 Å². The Hall–Kier alpha value is -2.60. The fourth-order valence-electron chi connectivity index (χ4n) is 3.77. The number of halogens is 1. The molecule has 2 aromatic rings. The second-order valence-electron chi connectivity index (χ2n) is 7.57. The molecule has 31 heavy (non-hydrogen) atoms. The van der Waals surface area contributed by atoms with Gasteiger partial charge in [-0.25, -0.2) is 9.18 Å². The molecule has 2 amide bonds. The minimum atomic E-state index is -3.39. The number of hydrogen-bond donors (Lipinski definition) is 1. The Labute approximate surface area is 181 Å². The van der Waals surface area contributed by atoms with Crippen molar-refractivity contribution in [2.45, 2.75) is 13.0 Å². The summed E-state index contributed by atoms with van der Waals surface area (Å²) in [5, 5.41) is 0. The standard InChI is InChI=1S/C20H25FN6O3S/c21-19-16(4-1-6-18(19)27(20(22)28)17-5-2-7-23-14-17)15-24-10-12-26(13-11-24)31(29,30)25-8-3-9-25/h1-2,4-7,14H,3,8-13,15H2,(H2,22,28). The van der Waals surface area contributed by atoms with Gasteiger partial charge in [-0.3, -0.25) is 14.8 Å². The Balaban J connectivity index is 1.47. The summed E-state index contributed by atoms with van der Waals surface area (Å²) in [6, 6.07) is 7.28. The Morgan fingerprint density at radius 3 is 2.35 bits per heavy atom. The van der Waals surface area contributed by atoms with Crippen LogP contribution in [0.4, 0.5) is 20.6 Å². The van der Waals surface area contributed by atoms with Crippen LogP contribution in [0.2, 0.25) is 0 Å². The van der Waals surface area contributed by atoms with E-state index in [9.17, 15) is 13.2 Å². The maximum absolute atomic E-state index is 15.3. The average Bonchev–Trinajstić information content (AvgIpc) is 2.70. The van der Waals surface area contributed by atoms with Crippen molar-refractivity contribution in [3.05, 3.63) is 54.1 Å². The lowest BCUT2D eigenvalue weighted by Gasteiger charge is -2.39. The van der Waals surface area contributed by atoms with E-state index < -0.39 is 22.1 Å². The van der Waals surface area contributed by atoms with Gasteiger partial charge in [0, 0.05) is 57.6 Å². The minimum Gasteiger partial charge on any atom is -0.351 e.